The number of nitrogens with zero attached hydrogens (tertiary/aromatic N) is 3. The Bertz CT molecular complexity index is 1960. The van der Waals surface area contributed by atoms with E-state index in [1.165, 1.54) is 25.6 Å². The zero-order valence-corrected chi connectivity index (χ0v) is 21.8. The van der Waals surface area contributed by atoms with Gasteiger partial charge < -0.3 is 14.1 Å². The topological polar surface area (TPSA) is 124 Å². The van der Waals surface area contributed by atoms with Crippen LogP contribution in [0.1, 0.15) is 10.4 Å². The molecule has 200 valence electrons. The molecular weight excluding hydrogens is 520 g/mol. The van der Waals surface area contributed by atoms with E-state index >= 15 is 0 Å². The van der Waals surface area contributed by atoms with Crippen LogP contribution in [0.5, 0.6) is 5.75 Å². The second-order valence-electron chi connectivity index (χ2n) is 9.11. The fourth-order valence-electron chi connectivity index (χ4n) is 4.70. The van der Waals surface area contributed by atoms with Crippen LogP contribution in [0.2, 0.25) is 0 Å². The summed E-state index contributed by atoms with van der Waals surface area (Å²) in [6.07, 6.45) is 1.39. The van der Waals surface area contributed by atoms with E-state index in [9.17, 15) is 14.9 Å². The predicted octanol–water partition coefficient (Wildman–Crippen LogP) is 6.81. The first-order valence-electron chi connectivity index (χ1n) is 12.7. The van der Waals surface area contributed by atoms with Crippen molar-refractivity contribution in [3.63, 3.8) is 0 Å². The SMILES string of the molecule is COc1ccc(C(=O)N=c2nc[nH]c3oc(-c4ccc(-c5ccccc5)cc4)c(-c4ccccc4)c23)cc1[N+](=O)[O-]. The average molecular weight is 543 g/mol. The number of nitro groups is 1. The first-order valence-corrected chi connectivity index (χ1v) is 12.7. The summed E-state index contributed by atoms with van der Waals surface area (Å²) in [5.41, 5.74) is 4.76. The number of carbonyl (C=O) groups is 1. The largest absolute Gasteiger partial charge is 0.490 e. The van der Waals surface area contributed by atoms with Crippen LogP contribution in [0.15, 0.2) is 119 Å². The van der Waals surface area contributed by atoms with Gasteiger partial charge in [-0.15, -0.1) is 0 Å². The minimum atomic E-state index is -0.690. The Balaban J connectivity index is 1.52. The molecule has 0 aliphatic heterocycles. The number of furan rings is 1. The molecule has 0 spiro atoms. The van der Waals surface area contributed by atoms with Gasteiger partial charge in [0, 0.05) is 22.8 Å². The van der Waals surface area contributed by atoms with E-state index in [1.807, 2.05) is 72.8 Å². The van der Waals surface area contributed by atoms with Gasteiger partial charge in [-0.3, -0.25) is 14.9 Å². The molecule has 0 atom stereocenters. The Morgan fingerprint density at radius 2 is 1.51 bits per heavy atom. The van der Waals surface area contributed by atoms with Crippen molar-refractivity contribution in [1.82, 2.24) is 9.97 Å². The molecule has 0 saturated carbocycles. The van der Waals surface area contributed by atoms with Crippen molar-refractivity contribution < 1.29 is 18.9 Å². The van der Waals surface area contributed by atoms with E-state index in [0.29, 0.717) is 22.4 Å². The Morgan fingerprint density at radius 3 is 2.17 bits per heavy atom. The molecule has 6 aromatic rings. The Hall–Kier alpha value is -5.83. The molecule has 6 rings (SSSR count). The lowest BCUT2D eigenvalue weighted by atomic mass is 9.98. The van der Waals surface area contributed by atoms with Crippen molar-refractivity contribution in [2.45, 2.75) is 0 Å². The summed E-state index contributed by atoms with van der Waals surface area (Å²) in [6.45, 7) is 0. The van der Waals surface area contributed by atoms with Gasteiger partial charge in [0.25, 0.3) is 5.91 Å². The number of benzene rings is 4. The smallest absolute Gasteiger partial charge is 0.311 e. The van der Waals surface area contributed by atoms with Gasteiger partial charge in [-0.1, -0.05) is 84.9 Å². The van der Waals surface area contributed by atoms with Gasteiger partial charge in [0.2, 0.25) is 5.71 Å². The van der Waals surface area contributed by atoms with Crippen molar-refractivity contribution in [2.24, 2.45) is 4.99 Å². The highest BCUT2D eigenvalue weighted by Crippen LogP contribution is 2.39. The lowest BCUT2D eigenvalue weighted by Gasteiger charge is -2.06. The van der Waals surface area contributed by atoms with Crippen LogP contribution in [0.4, 0.5) is 5.69 Å². The summed E-state index contributed by atoms with van der Waals surface area (Å²) in [5, 5.41) is 12.0. The van der Waals surface area contributed by atoms with E-state index in [0.717, 1.165) is 28.3 Å². The van der Waals surface area contributed by atoms with Crippen LogP contribution >= 0.6 is 0 Å². The molecule has 2 heterocycles. The summed E-state index contributed by atoms with van der Waals surface area (Å²) < 4.78 is 11.4. The number of ether oxygens (including phenoxy) is 1. The molecule has 0 saturated heterocycles. The summed E-state index contributed by atoms with van der Waals surface area (Å²) in [4.78, 5) is 35.7. The predicted molar refractivity (Wildman–Crippen MR) is 154 cm³/mol. The number of aromatic amines is 1. The maximum absolute atomic E-state index is 13.2. The van der Waals surface area contributed by atoms with Crippen molar-refractivity contribution >= 4 is 22.7 Å². The van der Waals surface area contributed by atoms with Crippen molar-refractivity contribution in [3.05, 3.63) is 131 Å². The fraction of sp³-hybridized carbons (Fsp3) is 0.0312. The molecule has 9 heteroatoms. The molecule has 0 radical (unpaired) electrons. The van der Waals surface area contributed by atoms with Crippen molar-refractivity contribution in [3.8, 4) is 39.3 Å². The van der Waals surface area contributed by atoms with Crippen LogP contribution in [0, 0.1) is 10.1 Å². The van der Waals surface area contributed by atoms with Crippen LogP contribution in [-0.4, -0.2) is 27.9 Å². The lowest BCUT2D eigenvalue weighted by molar-refractivity contribution is -0.385. The minimum Gasteiger partial charge on any atom is -0.490 e. The fourth-order valence-corrected chi connectivity index (χ4v) is 4.70. The molecule has 9 nitrogen and oxygen atoms in total. The van der Waals surface area contributed by atoms with E-state index in [1.54, 1.807) is 0 Å². The maximum atomic E-state index is 13.2. The van der Waals surface area contributed by atoms with E-state index < -0.39 is 10.8 Å². The quantitative estimate of drug-likeness (QED) is 0.182. The molecule has 1 amide bonds. The first-order chi connectivity index (χ1) is 20.0. The van der Waals surface area contributed by atoms with Gasteiger partial charge in [-0.25, -0.2) is 4.98 Å². The second-order valence-corrected chi connectivity index (χ2v) is 9.11. The number of amides is 1. The molecule has 0 fully saturated rings. The van der Waals surface area contributed by atoms with E-state index in [2.05, 4.69) is 27.1 Å². The molecule has 4 aromatic carbocycles. The highest BCUT2D eigenvalue weighted by atomic mass is 16.6. The zero-order chi connectivity index (χ0) is 28.3. The average Bonchev–Trinajstić information content (AvgIpc) is 3.42. The number of nitrogens with one attached hydrogen (secondary N) is 1. The second kappa shape index (κ2) is 10.7. The number of carbonyl (C=O) groups excluding carboxylic acids is 1. The Labute approximate surface area is 233 Å². The van der Waals surface area contributed by atoms with Crippen LogP contribution in [0.25, 0.3) is 44.7 Å². The molecule has 0 unspecified atom stereocenters. The van der Waals surface area contributed by atoms with Crippen LogP contribution in [-0.2, 0) is 0 Å². The van der Waals surface area contributed by atoms with Gasteiger partial charge >= 0.3 is 5.69 Å². The summed E-state index contributed by atoms with van der Waals surface area (Å²) in [5.74, 6) is -0.0609. The molecule has 2 aromatic heterocycles. The highest BCUT2D eigenvalue weighted by Gasteiger charge is 2.22. The highest BCUT2D eigenvalue weighted by molar-refractivity contribution is 6.01. The number of hydrogen-bond acceptors (Lipinski definition) is 6. The minimum absolute atomic E-state index is 0.0294. The third-order valence-electron chi connectivity index (χ3n) is 6.66. The lowest BCUT2D eigenvalue weighted by Crippen LogP contribution is -2.13. The van der Waals surface area contributed by atoms with Gasteiger partial charge in [-0.2, -0.15) is 4.99 Å². The molecule has 1 N–H and O–H groups in total. The standard InChI is InChI=1S/C32H22N4O5/c1-40-26-17-16-24(18-25(26)36(38)39)31(37)35-30-28-27(22-10-6-3-7-11-22)29(41-32(28)34-19-33-30)23-14-12-21(13-15-23)20-8-4-2-5-9-20/h2-19H,1H3,(H,33,34,35,37). The van der Waals surface area contributed by atoms with Crippen molar-refractivity contribution in [1.29, 1.82) is 0 Å². The number of nitro benzene ring substituents is 1. The van der Waals surface area contributed by atoms with Crippen LogP contribution < -0.4 is 10.2 Å². The summed E-state index contributed by atoms with van der Waals surface area (Å²) in [7, 11) is 1.33. The van der Waals surface area contributed by atoms with Gasteiger partial charge in [0.05, 0.1) is 23.7 Å². The maximum Gasteiger partial charge on any atom is 0.311 e. The number of H-pyrrole nitrogens is 1. The number of hydrogen-bond donors (Lipinski definition) is 1. The van der Waals surface area contributed by atoms with E-state index in [-0.39, 0.29) is 22.5 Å². The Morgan fingerprint density at radius 1 is 0.878 bits per heavy atom. The molecule has 0 aliphatic carbocycles. The van der Waals surface area contributed by atoms with Crippen LogP contribution in [0.3, 0.4) is 0 Å². The number of aromatic nitrogens is 2. The third kappa shape index (κ3) is 4.87. The van der Waals surface area contributed by atoms with Gasteiger partial charge in [-0.05, 0) is 28.8 Å². The number of methoxy groups -OCH3 is 1. The van der Waals surface area contributed by atoms with Gasteiger partial charge in [0.15, 0.2) is 11.2 Å². The molecule has 41 heavy (non-hydrogen) atoms. The Kier molecular flexibility index (Phi) is 6.67. The monoisotopic (exact) mass is 542 g/mol. The summed E-state index contributed by atoms with van der Waals surface area (Å²) >= 11 is 0. The third-order valence-corrected chi connectivity index (χ3v) is 6.66. The molecular formula is C32H22N4O5. The van der Waals surface area contributed by atoms with E-state index in [4.69, 9.17) is 9.15 Å². The normalized spacial score (nSPS) is 11.5. The zero-order valence-electron chi connectivity index (χ0n) is 21.8. The number of fused-ring (bicyclic) bond motifs is 1. The first kappa shape index (κ1) is 25.4. The van der Waals surface area contributed by atoms with Gasteiger partial charge in [0.1, 0.15) is 5.76 Å². The summed E-state index contributed by atoms with van der Waals surface area (Å²) in [6, 6.07) is 31.7. The molecule has 0 bridgehead atoms. The van der Waals surface area contributed by atoms with Crippen molar-refractivity contribution in [2.75, 3.05) is 7.11 Å². The molecule has 0 aliphatic rings. The number of rotatable bonds is 6.